The van der Waals surface area contributed by atoms with Crippen LogP contribution in [0.15, 0.2) is 12.1 Å². The molecule has 1 aromatic carbocycles. The van der Waals surface area contributed by atoms with Crippen LogP contribution in [-0.2, 0) is 0 Å². The monoisotopic (exact) mass is 294 g/mol. The Hall–Kier alpha value is -2.15. The molecular formula is C14H22N4O3. The highest BCUT2D eigenvalue weighted by atomic mass is 16.6. The van der Waals surface area contributed by atoms with Crippen molar-refractivity contribution in [1.82, 2.24) is 4.90 Å². The zero-order valence-corrected chi connectivity index (χ0v) is 12.8. The van der Waals surface area contributed by atoms with Crippen LogP contribution in [0, 0.1) is 22.5 Å². The van der Waals surface area contributed by atoms with Gasteiger partial charge in [0.25, 0.3) is 11.6 Å². The normalized spacial score (nSPS) is 11.3. The second-order valence-corrected chi connectivity index (χ2v) is 6.03. The van der Waals surface area contributed by atoms with Gasteiger partial charge in [0.1, 0.15) is 5.69 Å². The Labute approximate surface area is 124 Å². The van der Waals surface area contributed by atoms with E-state index < -0.39 is 4.92 Å². The summed E-state index contributed by atoms with van der Waals surface area (Å²) >= 11 is 0. The lowest BCUT2D eigenvalue weighted by Crippen LogP contribution is -2.40. The Balaban J connectivity index is 3.16. The number of benzene rings is 1. The molecule has 0 unspecified atom stereocenters. The first kappa shape index (κ1) is 16.9. The molecule has 1 amide bonds. The summed E-state index contributed by atoms with van der Waals surface area (Å²) in [6, 6.07) is 2.92. The van der Waals surface area contributed by atoms with E-state index in [1.807, 2.05) is 13.8 Å². The van der Waals surface area contributed by atoms with Crippen molar-refractivity contribution in [3.8, 4) is 0 Å². The molecule has 0 aliphatic heterocycles. The van der Waals surface area contributed by atoms with Crippen LogP contribution in [0.1, 0.15) is 29.8 Å². The number of nitro groups is 1. The SMILES string of the molecule is Cc1cc(C(=O)N(C)CC(C)(C)CN)c(N)c([N+](=O)[O-])c1. The quantitative estimate of drug-likeness (QED) is 0.485. The van der Waals surface area contributed by atoms with Crippen molar-refractivity contribution in [1.29, 1.82) is 0 Å². The molecule has 4 N–H and O–H groups in total. The summed E-state index contributed by atoms with van der Waals surface area (Å²) < 4.78 is 0. The molecule has 7 nitrogen and oxygen atoms in total. The van der Waals surface area contributed by atoms with Crippen LogP contribution in [0.4, 0.5) is 11.4 Å². The highest BCUT2D eigenvalue weighted by molar-refractivity contribution is 6.01. The minimum Gasteiger partial charge on any atom is -0.393 e. The van der Waals surface area contributed by atoms with E-state index in [-0.39, 0.29) is 28.3 Å². The number of nitrogens with zero attached hydrogens (tertiary/aromatic N) is 2. The van der Waals surface area contributed by atoms with E-state index in [1.165, 1.54) is 11.0 Å². The van der Waals surface area contributed by atoms with Gasteiger partial charge in [0.2, 0.25) is 0 Å². The maximum Gasteiger partial charge on any atom is 0.293 e. The minimum absolute atomic E-state index is 0.104. The molecular weight excluding hydrogens is 272 g/mol. The van der Waals surface area contributed by atoms with Gasteiger partial charge < -0.3 is 16.4 Å². The van der Waals surface area contributed by atoms with Gasteiger partial charge in [-0.1, -0.05) is 13.8 Å². The molecule has 0 aliphatic carbocycles. The van der Waals surface area contributed by atoms with Crippen molar-refractivity contribution in [2.24, 2.45) is 11.1 Å². The molecule has 0 fully saturated rings. The Morgan fingerprint density at radius 2 is 2.00 bits per heavy atom. The van der Waals surface area contributed by atoms with E-state index in [0.717, 1.165) is 0 Å². The lowest BCUT2D eigenvalue weighted by atomic mass is 9.93. The molecule has 0 heterocycles. The maximum atomic E-state index is 12.5. The van der Waals surface area contributed by atoms with Crippen LogP contribution in [0.3, 0.4) is 0 Å². The largest absolute Gasteiger partial charge is 0.393 e. The van der Waals surface area contributed by atoms with Crippen LogP contribution < -0.4 is 11.5 Å². The van der Waals surface area contributed by atoms with Crippen LogP contribution in [-0.4, -0.2) is 35.9 Å². The first-order valence-electron chi connectivity index (χ1n) is 6.59. The van der Waals surface area contributed by atoms with Gasteiger partial charge in [0.05, 0.1) is 10.5 Å². The first-order valence-corrected chi connectivity index (χ1v) is 6.59. The Morgan fingerprint density at radius 3 is 2.48 bits per heavy atom. The van der Waals surface area contributed by atoms with Crippen LogP contribution in [0.5, 0.6) is 0 Å². The van der Waals surface area contributed by atoms with Crippen LogP contribution >= 0.6 is 0 Å². The molecule has 0 atom stereocenters. The summed E-state index contributed by atoms with van der Waals surface area (Å²) in [6.45, 7) is 6.43. The predicted molar refractivity (Wildman–Crippen MR) is 82.0 cm³/mol. The van der Waals surface area contributed by atoms with Crippen LogP contribution in [0.2, 0.25) is 0 Å². The number of rotatable bonds is 5. The van der Waals surface area contributed by atoms with Gasteiger partial charge in [0, 0.05) is 19.7 Å². The molecule has 0 saturated carbocycles. The fourth-order valence-corrected chi connectivity index (χ4v) is 2.09. The maximum absolute atomic E-state index is 12.5. The number of anilines is 1. The number of carbonyl (C=O) groups excluding carboxylic acids is 1. The molecule has 0 aliphatic rings. The number of nitrogen functional groups attached to an aromatic ring is 1. The molecule has 0 saturated heterocycles. The zero-order valence-electron chi connectivity index (χ0n) is 12.8. The minimum atomic E-state index is -0.580. The van der Waals surface area contributed by atoms with Gasteiger partial charge in [-0.05, 0) is 30.5 Å². The second kappa shape index (κ2) is 6.09. The molecule has 7 heteroatoms. The Morgan fingerprint density at radius 1 is 1.43 bits per heavy atom. The van der Waals surface area contributed by atoms with Gasteiger partial charge in [-0.3, -0.25) is 14.9 Å². The van der Waals surface area contributed by atoms with E-state index >= 15 is 0 Å². The van der Waals surface area contributed by atoms with Crippen molar-refractivity contribution in [3.05, 3.63) is 33.4 Å². The number of hydrogen-bond donors (Lipinski definition) is 2. The predicted octanol–water partition coefficient (Wildman–Crippen LogP) is 1.54. The van der Waals surface area contributed by atoms with E-state index in [2.05, 4.69) is 0 Å². The summed E-state index contributed by atoms with van der Waals surface area (Å²) in [5, 5.41) is 11.0. The lowest BCUT2D eigenvalue weighted by molar-refractivity contribution is -0.384. The standard InChI is InChI=1S/C14H22N4O3/c1-9-5-10(12(16)11(6-9)18(20)21)13(19)17(4)8-14(2,3)7-15/h5-6H,7-8,15-16H2,1-4H3. The van der Waals surface area contributed by atoms with Gasteiger partial charge in [-0.15, -0.1) is 0 Å². The topological polar surface area (TPSA) is 115 Å². The Kier molecular flexibility index (Phi) is 4.90. The zero-order chi connectivity index (χ0) is 16.4. The van der Waals surface area contributed by atoms with Crippen molar-refractivity contribution < 1.29 is 9.72 Å². The molecule has 0 aromatic heterocycles. The molecule has 116 valence electrons. The molecule has 0 spiro atoms. The van der Waals surface area contributed by atoms with Crippen LogP contribution in [0.25, 0.3) is 0 Å². The average Bonchev–Trinajstić information content (AvgIpc) is 2.39. The summed E-state index contributed by atoms with van der Waals surface area (Å²) in [7, 11) is 1.63. The number of carbonyl (C=O) groups is 1. The number of aryl methyl sites for hydroxylation is 1. The third-order valence-corrected chi connectivity index (χ3v) is 3.29. The number of nitrogens with two attached hydrogens (primary N) is 2. The van der Waals surface area contributed by atoms with E-state index in [0.29, 0.717) is 18.7 Å². The molecule has 0 radical (unpaired) electrons. The third kappa shape index (κ3) is 3.91. The Bertz CT molecular complexity index is 570. The highest BCUT2D eigenvalue weighted by Crippen LogP contribution is 2.28. The van der Waals surface area contributed by atoms with Crippen molar-refractivity contribution in [2.45, 2.75) is 20.8 Å². The lowest BCUT2D eigenvalue weighted by Gasteiger charge is -2.29. The van der Waals surface area contributed by atoms with Crippen molar-refractivity contribution >= 4 is 17.3 Å². The van der Waals surface area contributed by atoms with Crippen molar-refractivity contribution in [2.75, 3.05) is 25.9 Å². The van der Waals surface area contributed by atoms with Gasteiger partial charge in [-0.25, -0.2) is 0 Å². The van der Waals surface area contributed by atoms with Gasteiger partial charge in [-0.2, -0.15) is 0 Å². The molecule has 0 bridgehead atoms. The summed E-state index contributed by atoms with van der Waals surface area (Å²) in [6.07, 6.45) is 0. The van der Waals surface area contributed by atoms with E-state index in [9.17, 15) is 14.9 Å². The number of nitro benzene ring substituents is 1. The highest BCUT2D eigenvalue weighted by Gasteiger charge is 2.26. The fraction of sp³-hybridized carbons (Fsp3) is 0.500. The smallest absolute Gasteiger partial charge is 0.293 e. The van der Waals surface area contributed by atoms with E-state index in [4.69, 9.17) is 11.5 Å². The van der Waals surface area contributed by atoms with Crippen molar-refractivity contribution in [3.63, 3.8) is 0 Å². The fourth-order valence-electron chi connectivity index (χ4n) is 2.09. The summed E-state index contributed by atoms with van der Waals surface area (Å²) in [4.78, 5) is 24.4. The average molecular weight is 294 g/mol. The van der Waals surface area contributed by atoms with E-state index in [1.54, 1.807) is 20.0 Å². The second-order valence-electron chi connectivity index (χ2n) is 6.03. The number of amides is 1. The summed E-state index contributed by atoms with van der Waals surface area (Å²) in [5.74, 6) is -0.346. The first-order chi connectivity index (χ1) is 9.59. The third-order valence-electron chi connectivity index (χ3n) is 3.29. The molecule has 21 heavy (non-hydrogen) atoms. The number of hydrogen-bond acceptors (Lipinski definition) is 5. The molecule has 1 rings (SSSR count). The summed E-state index contributed by atoms with van der Waals surface area (Å²) in [5.41, 5.74) is 11.6. The van der Waals surface area contributed by atoms with Gasteiger partial charge >= 0.3 is 0 Å². The van der Waals surface area contributed by atoms with Gasteiger partial charge in [0.15, 0.2) is 0 Å². The molecule has 1 aromatic rings.